The van der Waals surface area contributed by atoms with Crippen LogP contribution in [0.15, 0.2) is 23.8 Å². The van der Waals surface area contributed by atoms with Gasteiger partial charge in [-0.15, -0.1) is 0 Å². The lowest BCUT2D eigenvalue weighted by atomic mass is 9.99. The van der Waals surface area contributed by atoms with Crippen molar-refractivity contribution in [3.05, 3.63) is 23.8 Å². The standard InChI is InChI=1S/C37H66O7/c1-3-4-5-6-7-8-9-10-11-12-16-19-22-33(40)35-25-26-36(44-35)34(41)24-23-31(38)20-17-14-13-15-18-21-32(39)28-30-27-29(2)43-37(30)42/h12,16,27,29,31-36,38-41H,3-11,13-15,17-26,28H2,1-2H3/b16-12-/t29-,31-,32-,33-,34-,35-,36-/m1/s1. The summed E-state index contributed by atoms with van der Waals surface area (Å²) < 4.78 is 11.1. The fourth-order valence-corrected chi connectivity index (χ4v) is 6.46. The van der Waals surface area contributed by atoms with Gasteiger partial charge in [0.2, 0.25) is 0 Å². The number of hydrogen-bond acceptors (Lipinski definition) is 7. The van der Waals surface area contributed by atoms with Gasteiger partial charge in [-0.05, 0) is 77.2 Å². The summed E-state index contributed by atoms with van der Waals surface area (Å²) in [6, 6.07) is 0. The minimum Gasteiger partial charge on any atom is -0.455 e. The summed E-state index contributed by atoms with van der Waals surface area (Å²) in [7, 11) is 0. The number of hydrogen-bond donors (Lipinski definition) is 4. The number of esters is 1. The number of unbranched alkanes of at least 4 members (excludes halogenated alkanes) is 12. The summed E-state index contributed by atoms with van der Waals surface area (Å²) >= 11 is 0. The summed E-state index contributed by atoms with van der Waals surface area (Å²) in [5.74, 6) is -0.306. The minimum atomic E-state index is -0.607. The van der Waals surface area contributed by atoms with Crippen LogP contribution in [0.2, 0.25) is 0 Å². The van der Waals surface area contributed by atoms with Crippen LogP contribution in [0.4, 0.5) is 0 Å². The molecule has 0 bridgehead atoms. The maximum absolute atomic E-state index is 11.7. The number of carbonyl (C=O) groups excluding carboxylic acids is 1. The van der Waals surface area contributed by atoms with Crippen LogP contribution in [0.3, 0.4) is 0 Å². The van der Waals surface area contributed by atoms with Crippen LogP contribution in [0.25, 0.3) is 0 Å². The van der Waals surface area contributed by atoms with Crippen molar-refractivity contribution in [2.24, 2.45) is 0 Å². The molecule has 0 aliphatic carbocycles. The fourth-order valence-electron chi connectivity index (χ4n) is 6.46. The van der Waals surface area contributed by atoms with Crippen LogP contribution < -0.4 is 0 Å². The molecule has 0 spiro atoms. The molecule has 0 amide bonds. The Morgan fingerprint density at radius 1 is 0.705 bits per heavy atom. The van der Waals surface area contributed by atoms with Gasteiger partial charge in [0.25, 0.3) is 0 Å². The van der Waals surface area contributed by atoms with Gasteiger partial charge in [0.1, 0.15) is 6.10 Å². The van der Waals surface area contributed by atoms with Gasteiger partial charge in [-0.25, -0.2) is 4.79 Å². The predicted octanol–water partition coefficient (Wildman–Crippen LogP) is 7.62. The molecule has 44 heavy (non-hydrogen) atoms. The van der Waals surface area contributed by atoms with Gasteiger partial charge in [-0.3, -0.25) is 0 Å². The Labute approximate surface area is 268 Å². The number of carbonyl (C=O) groups is 1. The lowest BCUT2D eigenvalue weighted by Crippen LogP contribution is -2.31. The average molecular weight is 623 g/mol. The van der Waals surface area contributed by atoms with Crippen LogP contribution in [-0.2, 0) is 14.3 Å². The Morgan fingerprint density at radius 2 is 1.25 bits per heavy atom. The molecule has 0 radical (unpaired) electrons. The summed E-state index contributed by atoms with van der Waals surface area (Å²) in [4.78, 5) is 11.7. The van der Waals surface area contributed by atoms with Crippen molar-refractivity contribution in [2.75, 3.05) is 0 Å². The molecule has 7 heteroatoms. The number of allylic oxidation sites excluding steroid dienone is 2. The van der Waals surface area contributed by atoms with Crippen LogP contribution in [0.1, 0.15) is 162 Å². The topological polar surface area (TPSA) is 116 Å². The van der Waals surface area contributed by atoms with E-state index >= 15 is 0 Å². The van der Waals surface area contributed by atoms with Gasteiger partial charge < -0.3 is 29.9 Å². The SMILES string of the molecule is CCCCCCCCCC/C=C\CC[C@@H](O)[C@H]1CC[C@H]([C@H](O)CC[C@H](O)CCCCCCC[C@@H](O)CC2=C[C@@H](C)OC2=O)O1. The van der Waals surface area contributed by atoms with Gasteiger partial charge in [-0.1, -0.05) is 96.1 Å². The van der Waals surface area contributed by atoms with Crippen molar-refractivity contribution in [2.45, 2.75) is 204 Å². The molecule has 0 aromatic heterocycles. The van der Waals surface area contributed by atoms with Gasteiger partial charge in [0.15, 0.2) is 0 Å². The van der Waals surface area contributed by atoms with Crippen molar-refractivity contribution in [1.82, 2.24) is 0 Å². The van der Waals surface area contributed by atoms with E-state index in [1.54, 1.807) is 6.08 Å². The van der Waals surface area contributed by atoms with E-state index in [1.807, 2.05) is 6.92 Å². The zero-order valence-corrected chi connectivity index (χ0v) is 28.1. The van der Waals surface area contributed by atoms with Crippen molar-refractivity contribution in [3.63, 3.8) is 0 Å². The first-order chi connectivity index (χ1) is 21.3. The van der Waals surface area contributed by atoms with Crippen LogP contribution >= 0.6 is 0 Å². The second kappa shape index (κ2) is 24.0. The molecule has 2 heterocycles. The first kappa shape index (κ1) is 38.9. The maximum atomic E-state index is 11.7. The van der Waals surface area contributed by atoms with Crippen LogP contribution in [-0.4, -0.2) is 69.1 Å². The van der Waals surface area contributed by atoms with Gasteiger partial charge in [-0.2, -0.15) is 0 Å². The zero-order valence-electron chi connectivity index (χ0n) is 28.1. The molecule has 1 saturated heterocycles. The van der Waals surface area contributed by atoms with E-state index in [9.17, 15) is 25.2 Å². The molecule has 2 aliphatic heterocycles. The molecular formula is C37H66O7. The lowest BCUT2D eigenvalue weighted by molar-refractivity contribution is -0.139. The second-order valence-corrected chi connectivity index (χ2v) is 13.5. The van der Waals surface area contributed by atoms with Crippen molar-refractivity contribution in [1.29, 1.82) is 0 Å². The molecule has 1 fully saturated rings. The highest BCUT2D eigenvalue weighted by Crippen LogP contribution is 2.28. The number of cyclic esters (lactones) is 1. The quantitative estimate of drug-likeness (QED) is 0.0423. The molecular weight excluding hydrogens is 556 g/mol. The third kappa shape index (κ3) is 17.4. The second-order valence-electron chi connectivity index (χ2n) is 13.5. The number of ether oxygens (including phenoxy) is 2. The normalized spacial score (nSPS) is 23.2. The molecule has 2 aliphatic rings. The average Bonchev–Trinajstić information content (AvgIpc) is 3.62. The third-order valence-electron chi connectivity index (χ3n) is 9.28. The molecule has 7 atom stereocenters. The highest BCUT2D eigenvalue weighted by molar-refractivity contribution is 5.90. The molecule has 2 rings (SSSR count). The molecule has 7 nitrogen and oxygen atoms in total. The Bertz CT molecular complexity index is 797. The van der Waals surface area contributed by atoms with Crippen molar-refractivity contribution in [3.8, 4) is 0 Å². The highest BCUT2D eigenvalue weighted by atomic mass is 16.5. The molecule has 0 aromatic carbocycles. The van der Waals surface area contributed by atoms with Gasteiger partial charge >= 0.3 is 5.97 Å². The smallest absolute Gasteiger partial charge is 0.334 e. The largest absolute Gasteiger partial charge is 0.455 e. The Morgan fingerprint density at radius 3 is 1.86 bits per heavy atom. The predicted molar refractivity (Wildman–Crippen MR) is 177 cm³/mol. The van der Waals surface area contributed by atoms with Gasteiger partial charge in [0, 0.05) is 12.0 Å². The Hall–Kier alpha value is -1.25. The summed E-state index contributed by atoms with van der Waals surface area (Å²) in [6.07, 6.45) is 26.2. The minimum absolute atomic E-state index is 0.192. The molecule has 256 valence electrons. The first-order valence-electron chi connectivity index (χ1n) is 18.2. The van der Waals surface area contributed by atoms with Gasteiger partial charge in [0.05, 0.1) is 36.6 Å². The van der Waals surface area contributed by atoms with E-state index in [-0.39, 0.29) is 24.3 Å². The fraction of sp³-hybridized carbons (Fsp3) is 0.865. The van der Waals surface area contributed by atoms with Crippen LogP contribution in [0.5, 0.6) is 0 Å². The van der Waals surface area contributed by atoms with E-state index in [0.29, 0.717) is 37.7 Å². The van der Waals surface area contributed by atoms with E-state index < -0.39 is 24.4 Å². The molecule has 4 N–H and O–H groups in total. The van der Waals surface area contributed by atoms with E-state index in [1.165, 1.54) is 51.4 Å². The Kier molecular flexibility index (Phi) is 21.2. The highest BCUT2D eigenvalue weighted by Gasteiger charge is 2.34. The van der Waals surface area contributed by atoms with Crippen molar-refractivity contribution >= 4 is 5.97 Å². The third-order valence-corrected chi connectivity index (χ3v) is 9.28. The molecule has 0 saturated carbocycles. The number of rotatable bonds is 27. The zero-order chi connectivity index (χ0) is 32.0. The van der Waals surface area contributed by atoms with E-state index in [2.05, 4.69) is 19.1 Å². The Balaban J connectivity index is 1.42. The number of aliphatic hydroxyl groups excluding tert-OH is 4. The lowest BCUT2D eigenvalue weighted by Gasteiger charge is -2.22. The molecule has 0 unspecified atom stereocenters. The monoisotopic (exact) mass is 622 g/mol. The van der Waals surface area contributed by atoms with Crippen LogP contribution in [0, 0.1) is 0 Å². The summed E-state index contributed by atoms with van der Waals surface area (Å²) in [5, 5.41) is 41.8. The van der Waals surface area contributed by atoms with E-state index in [0.717, 1.165) is 64.2 Å². The number of aliphatic hydroxyl groups is 4. The van der Waals surface area contributed by atoms with E-state index in [4.69, 9.17) is 9.47 Å². The first-order valence-corrected chi connectivity index (χ1v) is 18.2. The molecule has 0 aromatic rings. The van der Waals surface area contributed by atoms with Crippen molar-refractivity contribution < 1.29 is 34.7 Å². The summed E-state index contributed by atoms with van der Waals surface area (Å²) in [6.45, 7) is 4.08. The summed E-state index contributed by atoms with van der Waals surface area (Å²) in [5.41, 5.74) is 0.587. The maximum Gasteiger partial charge on any atom is 0.334 e.